The van der Waals surface area contributed by atoms with Gasteiger partial charge < -0.3 is 15.0 Å². The molecule has 1 saturated heterocycles. The van der Waals surface area contributed by atoms with Crippen molar-refractivity contribution in [2.75, 3.05) is 20.2 Å². The summed E-state index contributed by atoms with van der Waals surface area (Å²) >= 11 is 0. The Labute approximate surface area is 195 Å². The van der Waals surface area contributed by atoms with Crippen molar-refractivity contribution in [2.45, 2.75) is 45.1 Å². The number of para-hydroxylation sites is 1. The maximum atomic E-state index is 12.9. The summed E-state index contributed by atoms with van der Waals surface area (Å²) in [5.74, 6) is 1.40. The molecule has 1 aromatic carbocycles. The molecular weight excluding hydrogens is 416 g/mol. The quantitative estimate of drug-likeness (QED) is 0.655. The van der Waals surface area contributed by atoms with Crippen molar-refractivity contribution < 1.29 is 14.3 Å². The summed E-state index contributed by atoms with van der Waals surface area (Å²) in [6, 6.07) is 7.63. The molecule has 1 fully saturated rings. The van der Waals surface area contributed by atoms with E-state index in [1.807, 2.05) is 29.2 Å². The normalized spacial score (nSPS) is 18.7. The number of allylic oxidation sites excluding steroid dienone is 2. The number of ether oxygens (including phenoxy) is 1. The van der Waals surface area contributed by atoms with Crippen molar-refractivity contribution in [3.05, 3.63) is 65.8 Å². The number of nitrogens with zero attached hydrogens (tertiary/aromatic N) is 3. The van der Waals surface area contributed by atoms with Gasteiger partial charge in [-0.3, -0.25) is 9.59 Å². The van der Waals surface area contributed by atoms with Gasteiger partial charge in [0.05, 0.1) is 18.4 Å². The molecule has 1 aromatic heterocycles. The molecule has 4 rings (SSSR count). The molecule has 1 unspecified atom stereocenters. The van der Waals surface area contributed by atoms with E-state index in [0.717, 1.165) is 62.2 Å². The van der Waals surface area contributed by atoms with Gasteiger partial charge in [-0.05, 0) is 50.5 Å². The van der Waals surface area contributed by atoms with Crippen LogP contribution in [0.5, 0.6) is 5.75 Å². The molecule has 1 N–H and O–H groups in total. The molecule has 174 valence electrons. The van der Waals surface area contributed by atoms with Crippen molar-refractivity contribution in [2.24, 2.45) is 11.8 Å². The van der Waals surface area contributed by atoms with Crippen LogP contribution in [0, 0.1) is 11.8 Å². The number of nitrogens with one attached hydrogen (secondary N) is 1. The second-order valence-corrected chi connectivity index (χ2v) is 8.83. The summed E-state index contributed by atoms with van der Waals surface area (Å²) in [6.07, 6.45) is 12.8. The third-order valence-corrected chi connectivity index (χ3v) is 6.70. The molecular formula is C26H32N4O3. The van der Waals surface area contributed by atoms with E-state index < -0.39 is 0 Å². The number of carbonyl (C=O) groups excluding carboxylic acids is 2. The highest BCUT2D eigenvalue weighted by Gasteiger charge is 2.29. The molecule has 0 saturated carbocycles. The number of hydrogen-bond acceptors (Lipinski definition) is 5. The van der Waals surface area contributed by atoms with Crippen LogP contribution in [0.3, 0.4) is 0 Å². The molecule has 7 nitrogen and oxygen atoms in total. The fraction of sp³-hybridized carbons (Fsp3) is 0.462. The zero-order valence-corrected chi connectivity index (χ0v) is 19.2. The minimum Gasteiger partial charge on any atom is -0.496 e. The molecule has 0 radical (unpaired) electrons. The maximum Gasteiger partial charge on any atom is 0.254 e. The summed E-state index contributed by atoms with van der Waals surface area (Å²) in [4.78, 5) is 36.2. The lowest BCUT2D eigenvalue weighted by Gasteiger charge is -2.34. The third-order valence-electron chi connectivity index (χ3n) is 6.70. The Morgan fingerprint density at radius 1 is 1.15 bits per heavy atom. The first-order chi connectivity index (χ1) is 16.2. The van der Waals surface area contributed by atoms with Crippen LogP contribution in [0.2, 0.25) is 0 Å². The predicted octanol–water partition coefficient (Wildman–Crippen LogP) is 3.55. The van der Waals surface area contributed by atoms with Crippen LogP contribution < -0.4 is 10.1 Å². The van der Waals surface area contributed by atoms with Gasteiger partial charge in [0.2, 0.25) is 5.91 Å². The average molecular weight is 449 g/mol. The summed E-state index contributed by atoms with van der Waals surface area (Å²) in [5, 5.41) is 2.97. The van der Waals surface area contributed by atoms with Gasteiger partial charge in [0.1, 0.15) is 12.1 Å². The van der Waals surface area contributed by atoms with Crippen molar-refractivity contribution in [1.29, 1.82) is 0 Å². The Bertz CT molecular complexity index is 999. The standard InChI is InChI=1S/C26H32N4O3/c1-33-24-10-6-5-9-21(24)16-28-25(31)22-17-27-18-29-23(22)15-19-11-13-30(14-12-19)26(32)20-7-3-2-4-8-20/h2-3,5-6,9-10,17-20H,4,7-8,11-16H2,1H3,(H,28,31). The maximum absolute atomic E-state index is 12.9. The summed E-state index contributed by atoms with van der Waals surface area (Å²) in [5.41, 5.74) is 2.20. The smallest absolute Gasteiger partial charge is 0.254 e. The molecule has 7 heteroatoms. The van der Waals surface area contributed by atoms with Crippen LogP contribution in [0.4, 0.5) is 0 Å². The third kappa shape index (κ3) is 5.78. The Hall–Kier alpha value is -3.22. The van der Waals surface area contributed by atoms with E-state index in [4.69, 9.17) is 4.74 Å². The fourth-order valence-corrected chi connectivity index (χ4v) is 4.73. The van der Waals surface area contributed by atoms with E-state index in [-0.39, 0.29) is 11.8 Å². The van der Waals surface area contributed by atoms with E-state index in [1.54, 1.807) is 13.3 Å². The Morgan fingerprint density at radius 3 is 2.73 bits per heavy atom. The molecule has 33 heavy (non-hydrogen) atoms. The largest absolute Gasteiger partial charge is 0.496 e. The van der Waals surface area contributed by atoms with E-state index in [2.05, 4.69) is 27.4 Å². The molecule has 2 heterocycles. The number of hydrogen-bond donors (Lipinski definition) is 1. The van der Waals surface area contributed by atoms with Crippen molar-refractivity contribution >= 4 is 11.8 Å². The highest BCUT2D eigenvalue weighted by Crippen LogP contribution is 2.26. The van der Waals surface area contributed by atoms with E-state index in [1.165, 1.54) is 6.33 Å². The number of piperidine rings is 1. The summed E-state index contributed by atoms with van der Waals surface area (Å²) in [6.45, 7) is 1.93. The zero-order chi connectivity index (χ0) is 23.0. The van der Waals surface area contributed by atoms with Crippen LogP contribution in [0.1, 0.15) is 53.7 Å². The summed E-state index contributed by atoms with van der Waals surface area (Å²) < 4.78 is 5.36. The van der Waals surface area contributed by atoms with Crippen molar-refractivity contribution in [3.63, 3.8) is 0 Å². The van der Waals surface area contributed by atoms with Crippen LogP contribution >= 0.6 is 0 Å². The van der Waals surface area contributed by atoms with Crippen molar-refractivity contribution in [1.82, 2.24) is 20.2 Å². The van der Waals surface area contributed by atoms with Gasteiger partial charge in [-0.25, -0.2) is 9.97 Å². The minimum absolute atomic E-state index is 0.145. The zero-order valence-electron chi connectivity index (χ0n) is 19.2. The van der Waals surface area contributed by atoms with E-state index in [9.17, 15) is 9.59 Å². The van der Waals surface area contributed by atoms with Crippen LogP contribution in [-0.2, 0) is 17.8 Å². The molecule has 1 atom stereocenters. The van der Waals surface area contributed by atoms with E-state index >= 15 is 0 Å². The van der Waals surface area contributed by atoms with Gasteiger partial charge in [0.25, 0.3) is 5.91 Å². The fourth-order valence-electron chi connectivity index (χ4n) is 4.73. The Morgan fingerprint density at radius 2 is 1.97 bits per heavy atom. The topological polar surface area (TPSA) is 84.4 Å². The first-order valence-corrected chi connectivity index (χ1v) is 11.8. The number of benzene rings is 1. The first-order valence-electron chi connectivity index (χ1n) is 11.8. The number of methoxy groups -OCH3 is 1. The second-order valence-electron chi connectivity index (χ2n) is 8.83. The second kappa shape index (κ2) is 11.1. The van der Waals surface area contributed by atoms with Gasteiger partial charge in [-0.2, -0.15) is 0 Å². The molecule has 1 aliphatic heterocycles. The van der Waals surface area contributed by atoms with E-state index in [0.29, 0.717) is 30.4 Å². The number of aromatic nitrogens is 2. The Kier molecular flexibility index (Phi) is 7.70. The minimum atomic E-state index is -0.186. The van der Waals surface area contributed by atoms with Crippen LogP contribution in [-0.4, -0.2) is 46.9 Å². The van der Waals surface area contributed by atoms with Crippen molar-refractivity contribution in [3.8, 4) is 5.75 Å². The molecule has 2 aliphatic rings. The lowest BCUT2D eigenvalue weighted by atomic mass is 9.88. The number of carbonyl (C=O) groups is 2. The predicted molar refractivity (Wildman–Crippen MR) is 126 cm³/mol. The van der Waals surface area contributed by atoms with Gasteiger partial charge in [-0.15, -0.1) is 0 Å². The first kappa shape index (κ1) is 23.0. The molecule has 1 aliphatic carbocycles. The molecule has 0 bridgehead atoms. The van der Waals surface area contributed by atoms with Crippen LogP contribution in [0.15, 0.2) is 48.9 Å². The molecule has 2 aromatic rings. The average Bonchev–Trinajstić information content (AvgIpc) is 2.88. The number of likely N-dealkylation sites (tertiary alicyclic amines) is 1. The highest BCUT2D eigenvalue weighted by atomic mass is 16.5. The lowest BCUT2D eigenvalue weighted by molar-refractivity contribution is -0.137. The van der Waals surface area contributed by atoms with Gasteiger partial charge in [0.15, 0.2) is 0 Å². The highest BCUT2D eigenvalue weighted by molar-refractivity contribution is 5.94. The number of amides is 2. The monoisotopic (exact) mass is 448 g/mol. The van der Waals surface area contributed by atoms with Gasteiger partial charge in [0, 0.05) is 37.3 Å². The van der Waals surface area contributed by atoms with Gasteiger partial charge in [-0.1, -0.05) is 30.4 Å². The molecule has 0 spiro atoms. The van der Waals surface area contributed by atoms with Gasteiger partial charge >= 0.3 is 0 Å². The molecule has 2 amide bonds. The SMILES string of the molecule is COc1ccccc1CNC(=O)c1cncnc1CC1CCN(C(=O)C2CC=CCC2)CC1. The summed E-state index contributed by atoms with van der Waals surface area (Å²) in [7, 11) is 1.62. The number of rotatable bonds is 7. The lowest BCUT2D eigenvalue weighted by Crippen LogP contribution is -2.42. The van der Waals surface area contributed by atoms with Crippen LogP contribution in [0.25, 0.3) is 0 Å². The Balaban J connectivity index is 1.33.